The minimum atomic E-state index is -0.360. The number of hydrogen-bond acceptors (Lipinski definition) is 3. The average Bonchev–Trinajstić information content (AvgIpc) is 2.92. The number of pyridine rings is 1. The Labute approximate surface area is 141 Å². The van der Waals surface area contributed by atoms with Crippen molar-refractivity contribution in [1.82, 2.24) is 4.98 Å². The highest BCUT2D eigenvalue weighted by molar-refractivity contribution is 6.03. The Balaban J connectivity index is 1.72. The first-order chi connectivity index (χ1) is 11.4. The lowest BCUT2D eigenvalue weighted by Crippen LogP contribution is -2.28. The predicted molar refractivity (Wildman–Crippen MR) is 94.0 cm³/mol. The molecule has 1 N–H and O–H groups in total. The molecule has 2 heterocycles. The van der Waals surface area contributed by atoms with Gasteiger partial charge >= 0.3 is 0 Å². The number of aryl methyl sites for hydroxylation is 3. The second-order valence-electron chi connectivity index (χ2n) is 6.38. The van der Waals surface area contributed by atoms with E-state index in [0.29, 0.717) is 12.4 Å². The van der Waals surface area contributed by atoms with Gasteiger partial charge in [-0.05, 0) is 61.7 Å². The van der Waals surface area contributed by atoms with Gasteiger partial charge < -0.3 is 10.2 Å². The maximum absolute atomic E-state index is 12.4. The van der Waals surface area contributed by atoms with Crippen molar-refractivity contribution in [3.8, 4) is 0 Å². The molecule has 24 heavy (non-hydrogen) atoms. The zero-order valence-corrected chi connectivity index (χ0v) is 14.2. The Bertz CT molecular complexity index is 801. The monoisotopic (exact) mass is 323 g/mol. The van der Waals surface area contributed by atoms with E-state index < -0.39 is 0 Å². The van der Waals surface area contributed by atoms with Gasteiger partial charge in [0.2, 0.25) is 11.8 Å². The first-order valence-corrected chi connectivity index (χ1v) is 8.05. The molecule has 1 fully saturated rings. The minimum absolute atomic E-state index is 0.0180. The van der Waals surface area contributed by atoms with Crippen LogP contribution in [0.15, 0.2) is 36.5 Å². The molecule has 5 nitrogen and oxygen atoms in total. The van der Waals surface area contributed by atoms with Crippen LogP contribution >= 0.6 is 0 Å². The topological polar surface area (TPSA) is 62.3 Å². The smallest absolute Gasteiger partial charge is 0.230 e. The van der Waals surface area contributed by atoms with Crippen LogP contribution in [0.3, 0.4) is 0 Å². The number of nitrogens with zero attached hydrogens (tertiary/aromatic N) is 2. The highest BCUT2D eigenvalue weighted by Gasteiger charge is 2.35. The Hall–Kier alpha value is -2.69. The molecule has 1 atom stereocenters. The Kier molecular flexibility index (Phi) is 4.34. The average molecular weight is 323 g/mol. The van der Waals surface area contributed by atoms with E-state index in [-0.39, 0.29) is 24.2 Å². The molecule has 0 unspecified atom stereocenters. The number of carbonyl (C=O) groups excluding carboxylic acids is 2. The molecule has 3 rings (SSSR count). The fourth-order valence-electron chi connectivity index (χ4n) is 2.86. The van der Waals surface area contributed by atoms with E-state index in [0.717, 1.165) is 16.8 Å². The SMILES string of the molecule is Cc1ccnc(NC(=O)[C@@H]2CC(=O)N(c3ccc(C)c(C)c3)C2)c1. The molecule has 2 aromatic rings. The molecule has 124 valence electrons. The summed E-state index contributed by atoms with van der Waals surface area (Å²) in [6.07, 6.45) is 1.89. The number of hydrogen-bond donors (Lipinski definition) is 1. The van der Waals surface area contributed by atoms with Gasteiger partial charge in [-0.3, -0.25) is 9.59 Å². The maximum atomic E-state index is 12.4. The molecule has 1 aromatic carbocycles. The summed E-state index contributed by atoms with van der Waals surface area (Å²) in [5.74, 6) is -0.0121. The second-order valence-corrected chi connectivity index (χ2v) is 6.38. The highest BCUT2D eigenvalue weighted by atomic mass is 16.2. The number of aromatic nitrogens is 1. The predicted octanol–water partition coefficient (Wildman–Crippen LogP) is 3.00. The van der Waals surface area contributed by atoms with E-state index >= 15 is 0 Å². The quantitative estimate of drug-likeness (QED) is 0.944. The molecule has 5 heteroatoms. The van der Waals surface area contributed by atoms with Crippen LogP contribution in [0.5, 0.6) is 0 Å². The van der Waals surface area contributed by atoms with Crippen molar-refractivity contribution < 1.29 is 9.59 Å². The summed E-state index contributed by atoms with van der Waals surface area (Å²) >= 11 is 0. The summed E-state index contributed by atoms with van der Waals surface area (Å²) in [5, 5.41) is 2.81. The highest BCUT2D eigenvalue weighted by Crippen LogP contribution is 2.27. The van der Waals surface area contributed by atoms with Crippen molar-refractivity contribution in [3.05, 3.63) is 53.2 Å². The lowest BCUT2D eigenvalue weighted by molar-refractivity contribution is -0.122. The van der Waals surface area contributed by atoms with Crippen molar-refractivity contribution in [1.29, 1.82) is 0 Å². The summed E-state index contributed by atoms with van der Waals surface area (Å²) < 4.78 is 0. The van der Waals surface area contributed by atoms with Crippen molar-refractivity contribution >= 4 is 23.3 Å². The largest absolute Gasteiger partial charge is 0.312 e. The number of carbonyl (C=O) groups is 2. The van der Waals surface area contributed by atoms with Gasteiger partial charge in [0.05, 0.1) is 5.92 Å². The van der Waals surface area contributed by atoms with Crippen LogP contribution in [0.4, 0.5) is 11.5 Å². The Morgan fingerprint density at radius 2 is 1.96 bits per heavy atom. The molecule has 0 spiro atoms. The van der Waals surface area contributed by atoms with Gasteiger partial charge in [0, 0.05) is 24.8 Å². The molecular weight excluding hydrogens is 302 g/mol. The zero-order chi connectivity index (χ0) is 17.3. The van der Waals surface area contributed by atoms with E-state index in [1.165, 1.54) is 5.56 Å². The lowest BCUT2D eigenvalue weighted by Gasteiger charge is -2.18. The van der Waals surface area contributed by atoms with E-state index in [2.05, 4.69) is 10.3 Å². The molecule has 0 aliphatic carbocycles. The first kappa shape index (κ1) is 16.2. The van der Waals surface area contributed by atoms with Gasteiger partial charge in [0.25, 0.3) is 0 Å². The van der Waals surface area contributed by atoms with Crippen LogP contribution in [-0.2, 0) is 9.59 Å². The van der Waals surface area contributed by atoms with Crippen LogP contribution in [-0.4, -0.2) is 23.3 Å². The second kappa shape index (κ2) is 6.43. The van der Waals surface area contributed by atoms with Gasteiger partial charge in [-0.1, -0.05) is 6.07 Å². The van der Waals surface area contributed by atoms with Gasteiger partial charge in [0.1, 0.15) is 5.82 Å². The van der Waals surface area contributed by atoms with E-state index in [4.69, 9.17) is 0 Å². The third kappa shape index (κ3) is 3.30. The van der Waals surface area contributed by atoms with Gasteiger partial charge in [0.15, 0.2) is 0 Å². The van der Waals surface area contributed by atoms with Crippen molar-refractivity contribution in [2.24, 2.45) is 5.92 Å². The van der Waals surface area contributed by atoms with Crippen molar-refractivity contribution in [2.75, 3.05) is 16.8 Å². The van der Waals surface area contributed by atoms with Crippen molar-refractivity contribution in [2.45, 2.75) is 27.2 Å². The lowest BCUT2D eigenvalue weighted by atomic mass is 10.1. The third-order valence-corrected chi connectivity index (χ3v) is 4.46. The standard InChI is InChI=1S/C19H21N3O2/c1-12-6-7-20-17(8-12)21-19(24)15-10-18(23)22(11-15)16-5-4-13(2)14(3)9-16/h4-9,15H,10-11H2,1-3H3,(H,20,21,24)/t15-/m1/s1. The summed E-state index contributed by atoms with van der Waals surface area (Å²) in [4.78, 5) is 30.6. The van der Waals surface area contributed by atoms with Crippen LogP contribution in [0.1, 0.15) is 23.1 Å². The molecule has 1 aliphatic heterocycles. The number of benzene rings is 1. The molecule has 0 radical (unpaired) electrons. The molecule has 1 aliphatic rings. The molecule has 1 aromatic heterocycles. The van der Waals surface area contributed by atoms with Crippen LogP contribution in [0, 0.1) is 26.7 Å². The normalized spacial score (nSPS) is 17.2. The van der Waals surface area contributed by atoms with E-state index in [9.17, 15) is 9.59 Å². The number of nitrogens with one attached hydrogen (secondary N) is 1. The maximum Gasteiger partial charge on any atom is 0.230 e. The number of anilines is 2. The first-order valence-electron chi connectivity index (χ1n) is 8.05. The Morgan fingerprint density at radius 3 is 2.67 bits per heavy atom. The van der Waals surface area contributed by atoms with Crippen molar-refractivity contribution in [3.63, 3.8) is 0 Å². The molecular formula is C19H21N3O2. The fourth-order valence-corrected chi connectivity index (χ4v) is 2.86. The summed E-state index contributed by atoms with van der Waals surface area (Å²) in [5.41, 5.74) is 4.20. The van der Waals surface area contributed by atoms with Gasteiger partial charge in [-0.15, -0.1) is 0 Å². The number of rotatable bonds is 3. The zero-order valence-electron chi connectivity index (χ0n) is 14.2. The molecule has 0 bridgehead atoms. The Morgan fingerprint density at radius 1 is 1.17 bits per heavy atom. The molecule has 1 saturated heterocycles. The van der Waals surface area contributed by atoms with Crippen LogP contribution in [0.25, 0.3) is 0 Å². The number of amides is 2. The summed E-state index contributed by atoms with van der Waals surface area (Å²) in [7, 11) is 0. The summed E-state index contributed by atoms with van der Waals surface area (Å²) in [6, 6.07) is 9.62. The van der Waals surface area contributed by atoms with E-state index in [1.807, 2.05) is 51.1 Å². The molecule has 2 amide bonds. The fraction of sp³-hybridized carbons (Fsp3) is 0.316. The van der Waals surface area contributed by atoms with E-state index in [1.54, 1.807) is 11.1 Å². The van der Waals surface area contributed by atoms with Gasteiger partial charge in [-0.25, -0.2) is 4.98 Å². The van der Waals surface area contributed by atoms with Gasteiger partial charge in [-0.2, -0.15) is 0 Å². The molecule has 0 saturated carbocycles. The van der Waals surface area contributed by atoms with Crippen LogP contribution < -0.4 is 10.2 Å². The minimum Gasteiger partial charge on any atom is -0.312 e. The third-order valence-electron chi connectivity index (χ3n) is 4.46. The summed E-state index contributed by atoms with van der Waals surface area (Å²) in [6.45, 7) is 6.40. The van der Waals surface area contributed by atoms with Crippen LogP contribution in [0.2, 0.25) is 0 Å².